The van der Waals surface area contributed by atoms with Gasteiger partial charge in [0, 0.05) is 24.5 Å². The monoisotopic (exact) mass is 459 g/mol. The molecule has 1 saturated heterocycles. The Morgan fingerprint density at radius 2 is 1.90 bits per heavy atom. The van der Waals surface area contributed by atoms with Crippen LogP contribution in [0.2, 0.25) is 0 Å². The molecule has 0 bridgehead atoms. The van der Waals surface area contributed by atoms with Gasteiger partial charge in [-0.3, -0.25) is 4.79 Å². The summed E-state index contributed by atoms with van der Waals surface area (Å²) >= 11 is 2.22. The van der Waals surface area contributed by atoms with Crippen molar-refractivity contribution in [2.75, 3.05) is 28.6 Å². The van der Waals surface area contributed by atoms with Gasteiger partial charge >= 0.3 is 5.97 Å². The van der Waals surface area contributed by atoms with Gasteiger partial charge < -0.3 is 32.1 Å². The number of piperidine rings is 1. The zero-order valence-corrected chi connectivity index (χ0v) is 18.5. The van der Waals surface area contributed by atoms with Crippen LogP contribution in [0.1, 0.15) is 22.5 Å². The lowest BCUT2D eigenvalue weighted by Crippen LogP contribution is -2.40. The highest BCUT2D eigenvalue weighted by Gasteiger charge is 2.19. The van der Waals surface area contributed by atoms with E-state index in [1.54, 1.807) is 11.4 Å². The van der Waals surface area contributed by atoms with E-state index in [9.17, 15) is 9.59 Å². The standard InChI is InChI=1S/C21H25N5O3S2/c1-13(24-17-8-11-30-19(17)21(28)29)31-12-15(23)20(27)25-16-4-2-3-5-18(16)26-9-6-14(22)7-10-26/h2-5,8,11-12,14,24H,1,6-7,9-10,22-23H2,(H,25,27)(H,28,29)/b15-12-. The highest BCUT2D eigenvalue weighted by molar-refractivity contribution is 8.05. The second kappa shape index (κ2) is 10.4. The van der Waals surface area contributed by atoms with Crippen molar-refractivity contribution in [3.63, 3.8) is 0 Å². The molecule has 3 rings (SSSR count). The third-order valence-electron chi connectivity index (χ3n) is 4.76. The molecule has 2 aromatic rings. The lowest BCUT2D eigenvalue weighted by atomic mass is 10.0. The molecule has 1 aliphatic rings. The topological polar surface area (TPSA) is 134 Å². The molecule has 0 unspecified atom stereocenters. The molecule has 0 saturated carbocycles. The smallest absolute Gasteiger partial charge is 0.348 e. The van der Waals surface area contributed by atoms with Crippen LogP contribution < -0.4 is 27.0 Å². The zero-order chi connectivity index (χ0) is 22.4. The maximum absolute atomic E-state index is 12.6. The van der Waals surface area contributed by atoms with Crippen LogP contribution in [0.3, 0.4) is 0 Å². The van der Waals surface area contributed by atoms with Crippen molar-refractivity contribution < 1.29 is 14.7 Å². The number of nitrogens with zero attached hydrogens (tertiary/aromatic N) is 1. The van der Waals surface area contributed by atoms with Gasteiger partial charge in [0.2, 0.25) is 0 Å². The average Bonchev–Trinajstić information content (AvgIpc) is 3.21. The highest BCUT2D eigenvalue weighted by atomic mass is 32.2. The first-order valence-electron chi connectivity index (χ1n) is 9.65. The number of amides is 1. The lowest BCUT2D eigenvalue weighted by molar-refractivity contribution is -0.112. The Balaban J connectivity index is 1.60. The van der Waals surface area contributed by atoms with Gasteiger partial charge in [0.1, 0.15) is 10.6 Å². The Bertz CT molecular complexity index is 996. The summed E-state index contributed by atoms with van der Waals surface area (Å²) in [4.78, 5) is 26.2. The molecule has 1 amide bonds. The number of hydrogen-bond acceptors (Lipinski definition) is 8. The zero-order valence-electron chi connectivity index (χ0n) is 16.8. The third kappa shape index (κ3) is 6.03. The molecular formula is C21H25N5O3S2. The van der Waals surface area contributed by atoms with Gasteiger partial charge in [0.25, 0.3) is 5.91 Å². The Morgan fingerprint density at radius 3 is 2.61 bits per heavy atom. The number of anilines is 3. The van der Waals surface area contributed by atoms with Crippen molar-refractivity contribution in [3.8, 4) is 0 Å². The first-order valence-corrected chi connectivity index (χ1v) is 11.4. The highest BCUT2D eigenvalue weighted by Crippen LogP contribution is 2.29. The van der Waals surface area contributed by atoms with Crippen LogP contribution in [0.15, 0.2) is 58.4 Å². The van der Waals surface area contributed by atoms with E-state index in [-0.39, 0.29) is 16.6 Å². The summed E-state index contributed by atoms with van der Waals surface area (Å²) < 4.78 is 0. The Morgan fingerprint density at radius 1 is 1.19 bits per heavy atom. The molecule has 10 heteroatoms. The van der Waals surface area contributed by atoms with Crippen molar-refractivity contribution >= 4 is 52.0 Å². The number of rotatable bonds is 8. The van der Waals surface area contributed by atoms with Crippen LogP contribution in [0.4, 0.5) is 17.1 Å². The van der Waals surface area contributed by atoms with E-state index in [2.05, 4.69) is 22.1 Å². The fraction of sp³-hybridized carbons (Fsp3) is 0.238. The number of carbonyl (C=O) groups excluding carboxylic acids is 1. The number of para-hydroxylation sites is 2. The number of thioether (sulfide) groups is 1. The van der Waals surface area contributed by atoms with Crippen LogP contribution >= 0.6 is 23.1 Å². The van der Waals surface area contributed by atoms with E-state index in [0.29, 0.717) is 16.4 Å². The summed E-state index contributed by atoms with van der Waals surface area (Å²) in [6, 6.07) is 9.47. The van der Waals surface area contributed by atoms with Crippen LogP contribution in [0, 0.1) is 0 Å². The SMILES string of the molecule is C=C(Nc1ccsc1C(=O)O)S/C=C(\N)C(=O)Nc1ccccc1N1CCC(N)CC1. The summed E-state index contributed by atoms with van der Waals surface area (Å²) in [5.74, 6) is -1.44. The fourth-order valence-electron chi connectivity index (χ4n) is 3.13. The van der Waals surface area contributed by atoms with E-state index >= 15 is 0 Å². The minimum Gasteiger partial charge on any atom is -0.477 e. The van der Waals surface area contributed by atoms with Crippen molar-refractivity contribution in [1.29, 1.82) is 0 Å². The third-order valence-corrected chi connectivity index (χ3v) is 6.42. The lowest BCUT2D eigenvalue weighted by Gasteiger charge is -2.33. The van der Waals surface area contributed by atoms with E-state index < -0.39 is 11.9 Å². The van der Waals surface area contributed by atoms with Crippen LogP contribution in [0.5, 0.6) is 0 Å². The van der Waals surface area contributed by atoms with Crippen molar-refractivity contribution in [3.05, 3.63) is 63.3 Å². The Hall–Kier alpha value is -2.95. The van der Waals surface area contributed by atoms with Gasteiger partial charge in [-0.2, -0.15) is 0 Å². The molecule has 0 atom stereocenters. The molecule has 7 N–H and O–H groups in total. The molecule has 0 spiro atoms. The van der Waals surface area contributed by atoms with Crippen molar-refractivity contribution in [1.82, 2.24) is 0 Å². The largest absolute Gasteiger partial charge is 0.477 e. The molecular weight excluding hydrogens is 434 g/mol. The summed E-state index contributed by atoms with van der Waals surface area (Å²) in [6.45, 7) is 5.51. The summed E-state index contributed by atoms with van der Waals surface area (Å²) in [5.41, 5.74) is 14.0. The molecule has 1 fully saturated rings. The number of carbonyl (C=O) groups is 2. The number of nitrogens with one attached hydrogen (secondary N) is 2. The number of thiophene rings is 1. The van der Waals surface area contributed by atoms with E-state index in [1.807, 2.05) is 24.3 Å². The summed E-state index contributed by atoms with van der Waals surface area (Å²) in [7, 11) is 0. The Labute approximate surface area is 189 Å². The molecule has 2 heterocycles. The van der Waals surface area contributed by atoms with Crippen LogP contribution in [-0.4, -0.2) is 36.1 Å². The van der Waals surface area contributed by atoms with Gasteiger partial charge in [0.15, 0.2) is 0 Å². The molecule has 1 aromatic heterocycles. The van der Waals surface area contributed by atoms with E-state index in [0.717, 1.165) is 54.7 Å². The number of nitrogens with two attached hydrogens (primary N) is 2. The summed E-state index contributed by atoms with van der Waals surface area (Å²) in [6.07, 6.45) is 1.81. The second-order valence-electron chi connectivity index (χ2n) is 7.00. The predicted molar refractivity (Wildman–Crippen MR) is 128 cm³/mol. The summed E-state index contributed by atoms with van der Waals surface area (Å²) in [5, 5.41) is 18.5. The minimum absolute atomic E-state index is 0.0206. The first kappa shape index (κ1) is 22.7. The van der Waals surface area contributed by atoms with Gasteiger partial charge in [-0.25, -0.2) is 4.79 Å². The first-order chi connectivity index (χ1) is 14.8. The number of benzene rings is 1. The van der Waals surface area contributed by atoms with Gasteiger partial charge in [-0.05, 0) is 36.4 Å². The van der Waals surface area contributed by atoms with Gasteiger partial charge in [-0.1, -0.05) is 30.5 Å². The fourth-order valence-corrected chi connectivity index (χ4v) is 4.36. The number of aromatic carboxylic acids is 1. The number of hydrogen-bond donors (Lipinski definition) is 5. The van der Waals surface area contributed by atoms with Gasteiger partial charge in [-0.15, -0.1) is 11.3 Å². The van der Waals surface area contributed by atoms with Crippen molar-refractivity contribution in [2.24, 2.45) is 11.5 Å². The molecule has 164 valence electrons. The van der Waals surface area contributed by atoms with E-state index in [1.165, 1.54) is 5.41 Å². The minimum atomic E-state index is -1.01. The molecule has 1 aromatic carbocycles. The van der Waals surface area contributed by atoms with Crippen LogP contribution in [-0.2, 0) is 4.79 Å². The van der Waals surface area contributed by atoms with Crippen molar-refractivity contribution in [2.45, 2.75) is 18.9 Å². The predicted octanol–water partition coefficient (Wildman–Crippen LogP) is 3.43. The molecule has 0 aliphatic carbocycles. The normalized spacial score (nSPS) is 14.9. The molecule has 1 aliphatic heterocycles. The molecule has 31 heavy (non-hydrogen) atoms. The quantitative estimate of drug-likeness (QED) is 0.379. The molecule has 0 radical (unpaired) electrons. The maximum Gasteiger partial charge on any atom is 0.348 e. The van der Waals surface area contributed by atoms with E-state index in [4.69, 9.17) is 16.6 Å². The average molecular weight is 460 g/mol. The Kier molecular flexibility index (Phi) is 7.61. The molecule has 8 nitrogen and oxygen atoms in total. The van der Waals surface area contributed by atoms with Crippen LogP contribution in [0.25, 0.3) is 0 Å². The number of carboxylic acid groups (broad SMARTS) is 1. The van der Waals surface area contributed by atoms with Gasteiger partial charge in [0.05, 0.1) is 22.1 Å². The second-order valence-corrected chi connectivity index (χ2v) is 8.88. The number of carboxylic acids is 1. The maximum atomic E-state index is 12.6.